The first kappa shape index (κ1) is 14.8. The minimum absolute atomic E-state index is 0.122. The van der Waals surface area contributed by atoms with Gasteiger partial charge in [-0.15, -0.1) is 0 Å². The van der Waals surface area contributed by atoms with Crippen molar-refractivity contribution >= 4 is 28.3 Å². The summed E-state index contributed by atoms with van der Waals surface area (Å²) in [5.74, 6) is -0.122. The second kappa shape index (κ2) is 6.75. The zero-order chi connectivity index (χ0) is 14.7. The van der Waals surface area contributed by atoms with Gasteiger partial charge in [-0.3, -0.25) is 4.90 Å². The summed E-state index contributed by atoms with van der Waals surface area (Å²) in [6.07, 6.45) is 0. The average Bonchev–Trinajstić information content (AvgIpc) is 2.51. The number of benzene rings is 2. The highest BCUT2D eigenvalue weighted by Gasteiger charge is 2.19. The van der Waals surface area contributed by atoms with Gasteiger partial charge in [0, 0.05) is 36.3 Å². The van der Waals surface area contributed by atoms with Crippen LogP contribution in [0.1, 0.15) is 5.56 Å². The first-order valence-corrected chi connectivity index (χ1v) is 8.26. The van der Waals surface area contributed by atoms with E-state index in [4.69, 9.17) is 0 Å². The number of hydrogen-bond acceptors (Lipinski definition) is 2. The van der Waals surface area contributed by atoms with E-state index in [-0.39, 0.29) is 5.82 Å². The van der Waals surface area contributed by atoms with Crippen LogP contribution in [0.15, 0.2) is 48.5 Å². The third-order valence-electron chi connectivity index (χ3n) is 3.88. The molecule has 110 valence electrons. The van der Waals surface area contributed by atoms with Crippen LogP contribution in [0.2, 0.25) is 0 Å². The Morgan fingerprint density at radius 1 is 0.905 bits per heavy atom. The Bertz CT molecular complexity index is 592. The smallest absolute Gasteiger partial charge is 0.146 e. The van der Waals surface area contributed by atoms with Gasteiger partial charge in [0.05, 0.1) is 5.69 Å². The first-order valence-electron chi connectivity index (χ1n) is 7.18. The van der Waals surface area contributed by atoms with Gasteiger partial charge in [-0.2, -0.15) is 0 Å². The van der Waals surface area contributed by atoms with Crippen LogP contribution in [-0.4, -0.2) is 31.1 Å². The van der Waals surface area contributed by atoms with E-state index in [2.05, 4.69) is 56.7 Å². The highest BCUT2D eigenvalue weighted by Crippen LogP contribution is 2.20. The van der Waals surface area contributed by atoms with Crippen molar-refractivity contribution < 1.29 is 4.39 Å². The predicted octanol–water partition coefficient (Wildman–Crippen LogP) is 3.75. The molecule has 0 radical (unpaired) electrons. The van der Waals surface area contributed by atoms with E-state index in [0.29, 0.717) is 0 Å². The van der Waals surface area contributed by atoms with Crippen LogP contribution >= 0.6 is 22.6 Å². The quantitative estimate of drug-likeness (QED) is 0.730. The van der Waals surface area contributed by atoms with Gasteiger partial charge < -0.3 is 4.90 Å². The Morgan fingerprint density at radius 3 is 2.24 bits per heavy atom. The summed E-state index contributed by atoms with van der Waals surface area (Å²) in [5.41, 5.74) is 2.07. The normalized spacial score (nSPS) is 16.2. The minimum Gasteiger partial charge on any atom is -0.367 e. The Balaban J connectivity index is 1.58. The summed E-state index contributed by atoms with van der Waals surface area (Å²) in [7, 11) is 0. The number of anilines is 1. The Kier molecular flexibility index (Phi) is 4.75. The van der Waals surface area contributed by atoms with Crippen LogP contribution in [0.3, 0.4) is 0 Å². The van der Waals surface area contributed by atoms with Gasteiger partial charge >= 0.3 is 0 Å². The van der Waals surface area contributed by atoms with E-state index in [0.717, 1.165) is 38.4 Å². The number of para-hydroxylation sites is 1. The molecule has 1 saturated heterocycles. The molecule has 1 heterocycles. The van der Waals surface area contributed by atoms with Gasteiger partial charge in [-0.1, -0.05) is 24.3 Å². The Labute approximate surface area is 138 Å². The van der Waals surface area contributed by atoms with Crippen molar-refractivity contribution in [2.75, 3.05) is 31.1 Å². The van der Waals surface area contributed by atoms with Gasteiger partial charge in [-0.05, 0) is 52.4 Å². The van der Waals surface area contributed by atoms with E-state index >= 15 is 0 Å². The summed E-state index contributed by atoms with van der Waals surface area (Å²) >= 11 is 2.32. The van der Waals surface area contributed by atoms with Gasteiger partial charge in [0.25, 0.3) is 0 Å². The number of hydrogen-bond donors (Lipinski definition) is 0. The highest BCUT2D eigenvalue weighted by atomic mass is 127. The summed E-state index contributed by atoms with van der Waals surface area (Å²) in [5, 5.41) is 0. The molecule has 0 aliphatic carbocycles. The van der Waals surface area contributed by atoms with Crippen LogP contribution in [0, 0.1) is 9.39 Å². The third-order valence-corrected chi connectivity index (χ3v) is 4.60. The molecular weight excluding hydrogens is 378 g/mol. The zero-order valence-electron chi connectivity index (χ0n) is 11.8. The highest BCUT2D eigenvalue weighted by molar-refractivity contribution is 14.1. The first-order chi connectivity index (χ1) is 10.2. The number of nitrogens with zero attached hydrogens (tertiary/aromatic N) is 2. The second-order valence-electron chi connectivity index (χ2n) is 5.34. The molecular formula is C17H18FIN2. The van der Waals surface area contributed by atoms with Gasteiger partial charge in [0.15, 0.2) is 0 Å². The topological polar surface area (TPSA) is 6.48 Å². The molecule has 2 aromatic carbocycles. The largest absolute Gasteiger partial charge is 0.367 e. The number of halogens is 2. The Morgan fingerprint density at radius 2 is 1.57 bits per heavy atom. The van der Waals surface area contributed by atoms with Crippen LogP contribution in [0.25, 0.3) is 0 Å². The molecule has 0 saturated carbocycles. The van der Waals surface area contributed by atoms with Gasteiger partial charge in [0.1, 0.15) is 5.82 Å². The molecule has 2 nitrogen and oxygen atoms in total. The molecule has 1 aliphatic heterocycles. The van der Waals surface area contributed by atoms with Crippen LogP contribution < -0.4 is 4.90 Å². The predicted molar refractivity (Wildman–Crippen MR) is 93.0 cm³/mol. The standard InChI is InChI=1S/C17H18FIN2/c18-16-3-1-2-4-17(16)21-11-9-20(10-12-21)13-14-5-7-15(19)8-6-14/h1-8H,9-13H2. The molecule has 1 fully saturated rings. The maximum Gasteiger partial charge on any atom is 0.146 e. The molecule has 3 rings (SSSR count). The fourth-order valence-corrected chi connectivity index (χ4v) is 3.06. The van der Waals surface area contributed by atoms with Crippen molar-refractivity contribution in [3.8, 4) is 0 Å². The van der Waals surface area contributed by atoms with E-state index in [1.54, 1.807) is 6.07 Å². The average molecular weight is 396 g/mol. The van der Waals surface area contributed by atoms with Crippen molar-refractivity contribution in [1.29, 1.82) is 0 Å². The molecule has 0 amide bonds. The monoisotopic (exact) mass is 396 g/mol. The zero-order valence-corrected chi connectivity index (χ0v) is 14.0. The number of piperazine rings is 1. The van der Waals surface area contributed by atoms with Crippen LogP contribution in [-0.2, 0) is 6.54 Å². The van der Waals surface area contributed by atoms with Crippen molar-refractivity contribution in [2.24, 2.45) is 0 Å². The third kappa shape index (κ3) is 3.74. The second-order valence-corrected chi connectivity index (χ2v) is 6.59. The van der Waals surface area contributed by atoms with E-state index < -0.39 is 0 Å². The molecule has 1 aliphatic rings. The summed E-state index contributed by atoms with van der Waals surface area (Å²) in [4.78, 5) is 4.57. The maximum atomic E-state index is 13.8. The number of rotatable bonds is 3. The molecule has 21 heavy (non-hydrogen) atoms. The molecule has 0 atom stereocenters. The molecule has 0 aromatic heterocycles. The van der Waals surface area contributed by atoms with Crippen LogP contribution in [0.5, 0.6) is 0 Å². The van der Waals surface area contributed by atoms with E-state index in [1.807, 2.05) is 12.1 Å². The lowest BCUT2D eigenvalue weighted by atomic mass is 10.2. The summed E-state index contributed by atoms with van der Waals surface area (Å²) < 4.78 is 15.1. The fourth-order valence-electron chi connectivity index (χ4n) is 2.70. The fraction of sp³-hybridized carbons (Fsp3) is 0.294. The van der Waals surface area contributed by atoms with Crippen molar-refractivity contribution in [3.63, 3.8) is 0 Å². The van der Waals surface area contributed by atoms with Crippen LogP contribution in [0.4, 0.5) is 10.1 Å². The molecule has 0 N–H and O–H groups in total. The van der Waals surface area contributed by atoms with E-state index in [1.165, 1.54) is 15.2 Å². The molecule has 4 heteroatoms. The lowest BCUT2D eigenvalue weighted by Gasteiger charge is -2.36. The lowest BCUT2D eigenvalue weighted by molar-refractivity contribution is 0.249. The summed E-state index contributed by atoms with van der Waals surface area (Å²) in [6, 6.07) is 15.7. The van der Waals surface area contributed by atoms with Crippen molar-refractivity contribution in [2.45, 2.75) is 6.54 Å². The maximum absolute atomic E-state index is 13.8. The lowest BCUT2D eigenvalue weighted by Crippen LogP contribution is -2.46. The van der Waals surface area contributed by atoms with Crippen molar-refractivity contribution in [1.82, 2.24) is 4.90 Å². The SMILES string of the molecule is Fc1ccccc1N1CCN(Cc2ccc(I)cc2)CC1. The summed E-state index contributed by atoms with van der Waals surface area (Å²) in [6.45, 7) is 4.68. The van der Waals surface area contributed by atoms with Crippen molar-refractivity contribution in [3.05, 3.63) is 63.5 Å². The van der Waals surface area contributed by atoms with Gasteiger partial charge in [0.2, 0.25) is 0 Å². The van der Waals surface area contributed by atoms with Gasteiger partial charge in [-0.25, -0.2) is 4.39 Å². The minimum atomic E-state index is -0.122. The molecule has 0 bridgehead atoms. The Hall–Kier alpha value is -1.14. The molecule has 2 aromatic rings. The molecule has 0 unspecified atom stereocenters. The van der Waals surface area contributed by atoms with E-state index in [9.17, 15) is 4.39 Å². The molecule has 0 spiro atoms.